The van der Waals surface area contributed by atoms with E-state index in [0.29, 0.717) is 22.2 Å². The Balaban J connectivity index is 1.92. The van der Waals surface area contributed by atoms with Crippen molar-refractivity contribution in [3.8, 4) is 5.75 Å². The van der Waals surface area contributed by atoms with E-state index in [-0.39, 0.29) is 31.0 Å². The minimum atomic E-state index is -0.752. The zero-order valence-corrected chi connectivity index (χ0v) is 21.4. The zero-order valence-electron chi connectivity index (χ0n) is 19.9. The van der Waals surface area contributed by atoms with Gasteiger partial charge in [0.05, 0.1) is 0 Å². The summed E-state index contributed by atoms with van der Waals surface area (Å²) in [6.07, 6.45) is 1.14. The Hall–Kier alpha value is -3.02. The predicted molar refractivity (Wildman–Crippen MR) is 141 cm³/mol. The van der Waals surface area contributed by atoms with Crippen LogP contribution in [0, 0.1) is 0 Å². The number of hydrogen-bond acceptors (Lipinski definition) is 3. The third kappa shape index (κ3) is 8.01. The van der Waals surface area contributed by atoms with Crippen molar-refractivity contribution in [2.24, 2.45) is 0 Å². The molecule has 0 fully saturated rings. The predicted octanol–water partition coefficient (Wildman–Crippen LogP) is 5.93. The van der Waals surface area contributed by atoms with Crippen LogP contribution in [0.4, 0.5) is 0 Å². The lowest BCUT2D eigenvalue weighted by Gasteiger charge is -2.32. The van der Waals surface area contributed by atoms with Crippen LogP contribution in [0.3, 0.4) is 0 Å². The summed E-state index contributed by atoms with van der Waals surface area (Å²) >= 11 is 12.5. The number of hydrogen-bond donors (Lipinski definition) is 1. The summed E-state index contributed by atoms with van der Waals surface area (Å²) in [6, 6.07) is 23.0. The maximum absolute atomic E-state index is 13.6. The Bertz CT molecular complexity index is 1120. The van der Waals surface area contributed by atoms with Gasteiger partial charge in [0.25, 0.3) is 5.91 Å². The van der Waals surface area contributed by atoms with Gasteiger partial charge in [0, 0.05) is 29.1 Å². The SMILES string of the molecule is CC[C@H](C)NC(=O)[C@H](Cc1ccccc1)N(Cc1ccccc1Cl)C(=O)COc1cccc(Cl)c1. The fourth-order valence-corrected chi connectivity index (χ4v) is 3.97. The number of carbonyl (C=O) groups excluding carboxylic acids is 2. The second-order valence-corrected chi connectivity index (χ2v) is 9.23. The molecular formula is C28H30Cl2N2O3. The highest BCUT2D eigenvalue weighted by Gasteiger charge is 2.31. The minimum Gasteiger partial charge on any atom is -0.484 e. The second kappa shape index (κ2) is 13.2. The highest BCUT2D eigenvalue weighted by Crippen LogP contribution is 2.22. The van der Waals surface area contributed by atoms with Gasteiger partial charge in [-0.3, -0.25) is 9.59 Å². The molecule has 7 heteroatoms. The first-order valence-corrected chi connectivity index (χ1v) is 12.4. The van der Waals surface area contributed by atoms with Crippen LogP contribution in [0.2, 0.25) is 10.0 Å². The molecule has 0 unspecified atom stereocenters. The summed E-state index contributed by atoms with van der Waals surface area (Å²) in [5, 5.41) is 4.08. The summed E-state index contributed by atoms with van der Waals surface area (Å²) in [5.41, 5.74) is 1.70. The van der Waals surface area contributed by atoms with Crippen molar-refractivity contribution in [1.82, 2.24) is 10.2 Å². The van der Waals surface area contributed by atoms with Crippen molar-refractivity contribution in [1.29, 1.82) is 0 Å². The standard InChI is InChI=1S/C28H30Cl2N2O3/c1-3-20(2)31-28(34)26(16-21-10-5-4-6-11-21)32(18-22-12-7-8-15-25(22)30)27(33)19-35-24-14-9-13-23(29)17-24/h4-15,17,20,26H,3,16,18-19H2,1-2H3,(H,31,34)/t20-,26-/m0/s1. The number of nitrogens with zero attached hydrogens (tertiary/aromatic N) is 1. The van der Waals surface area contributed by atoms with Gasteiger partial charge in [-0.1, -0.05) is 84.7 Å². The van der Waals surface area contributed by atoms with Gasteiger partial charge in [0.15, 0.2) is 6.61 Å². The number of benzene rings is 3. The molecule has 184 valence electrons. The lowest BCUT2D eigenvalue weighted by atomic mass is 10.0. The summed E-state index contributed by atoms with van der Waals surface area (Å²) in [6.45, 7) is 3.87. The molecular weight excluding hydrogens is 483 g/mol. The van der Waals surface area contributed by atoms with Crippen LogP contribution in [-0.4, -0.2) is 35.4 Å². The Labute approximate surface area is 217 Å². The van der Waals surface area contributed by atoms with Crippen LogP contribution in [0.25, 0.3) is 0 Å². The van der Waals surface area contributed by atoms with E-state index in [0.717, 1.165) is 17.5 Å². The van der Waals surface area contributed by atoms with E-state index in [1.54, 1.807) is 35.2 Å². The Morgan fingerprint density at radius 1 is 0.971 bits per heavy atom. The van der Waals surface area contributed by atoms with Crippen molar-refractivity contribution >= 4 is 35.0 Å². The van der Waals surface area contributed by atoms with Crippen molar-refractivity contribution < 1.29 is 14.3 Å². The van der Waals surface area contributed by atoms with Crippen LogP contribution >= 0.6 is 23.2 Å². The van der Waals surface area contributed by atoms with Crippen molar-refractivity contribution in [3.05, 3.63) is 100 Å². The van der Waals surface area contributed by atoms with Gasteiger partial charge in [-0.25, -0.2) is 0 Å². The highest BCUT2D eigenvalue weighted by molar-refractivity contribution is 6.31. The molecule has 5 nitrogen and oxygen atoms in total. The molecule has 3 aromatic carbocycles. The molecule has 1 N–H and O–H groups in total. The lowest BCUT2D eigenvalue weighted by Crippen LogP contribution is -2.53. The van der Waals surface area contributed by atoms with E-state index in [9.17, 15) is 9.59 Å². The third-order valence-corrected chi connectivity index (χ3v) is 6.33. The summed E-state index contributed by atoms with van der Waals surface area (Å²) < 4.78 is 5.74. The summed E-state index contributed by atoms with van der Waals surface area (Å²) in [7, 11) is 0. The Kier molecular flexibility index (Phi) is 10.0. The van der Waals surface area contributed by atoms with Crippen LogP contribution in [-0.2, 0) is 22.6 Å². The number of ether oxygens (including phenoxy) is 1. The van der Waals surface area contributed by atoms with Crippen molar-refractivity contribution in [3.63, 3.8) is 0 Å². The van der Waals surface area contributed by atoms with E-state index in [1.165, 1.54) is 0 Å². The molecule has 0 saturated carbocycles. The fourth-order valence-electron chi connectivity index (χ4n) is 3.59. The number of amides is 2. The van der Waals surface area contributed by atoms with E-state index in [4.69, 9.17) is 27.9 Å². The van der Waals surface area contributed by atoms with Crippen molar-refractivity contribution in [2.75, 3.05) is 6.61 Å². The van der Waals surface area contributed by atoms with Gasteiger partial charge >= 0.3 is 0 Å². The molecule has 3 rings (SSSR count). The lowest BCUT2D eigenvalue weighted by molar-refractivity contribution is -0.143. The largest absolute Gasteiger partial charge is 0.484 e. The molecule has 2 atom stereocenters. The molecule has 0 aliphatic carbocycles. The van der Waals surface area contributed by atoms with Gasteiger partial charge in [-0.2, -0.15) is 0 Å². The average Bonchev–Trinajstić information content (AvgIpc) is 2.86. The van der Waals surface area contributed by atoms with Crippen LogP contribution in [0.5, 0.6) is 5.75 Å². The molecule has 0 radical (unpaired) electrons. The number of rotatable bonds is 11. The third-order valence-electron chi connectivity index (χ3n) is 5.73. The van der Waals surface area contributed by atoms with Crippen LogP contribution in [0.15, 0.2) is 78.9 Å². The fraction of sp³-hybridized carbons (Fsp3) is 0.286. The van der Waals surface area contributed by atoms with Gasteiger partial charge in [0.1, 0.15) is 11.8 Å². The molecule has 0 bridgehead atoms. The molecule has 0 aliphatic rings. The Morgan fingerprint density at radius 2 is 1.69 bits per heavy atom. The van der Waals surface area contributed by atoms with E-state index in [2.05, 4.69) is 5.32 Å². The summed E-state index contributed by atoms with van der Waals surface area (Å²) in [5.74, 6) is -0.0660. The van der Waals surface area contributed by atoms with Gasteiger partial charge in [0.2, 0.25) is 5.91 Å². The van der Waals surface area contributed by atoms with Crippen LogP contribution in [0.1, 0.15) is 31.4 Å². The number of carbonyl (C=O) groups is 2. The normalized spacial score (nSPS) is 12.5. The van der Waals surface area contributed by atoms with Gasteiger partial charge in [-0.05, 0) is 48.7 Å². The molecule has 0 aliphatic heterocycles. The zero-order chi connectivity index (χ0) is 25.2. The average molecular weight is 513 g/mol. The minimum absolute atomic E-state index is 0.0271. The first-order valence-electron chi connectivity index (χ1n) is 11.6. The second-order valence-electron chi connectivity index (χ2n) is 8.38. The molecule has 0 spiro atoms. The number of nitrogens with one attached hydrogen (secondary N) is 1. The topological polar surface area (TPSA) is 58.6 Å². The first-order chi connectivity index (χ1) is 16.9. The first kappa shape index (κ1) is 26.6. The molecule has 35 heavy (non-hydrogen) atoms. The molecule has 3 aromatic rings. The summed E-state index contributed by atoms with van der Waals surface area (Å²) in [4.78, 5) is 28.6. The van der Waals surface area contributed by atoms with Gasteiger partial charge < -0.3 is 15.0 Å². The molecule has 0 saturated heterocycles. The molecule has 2 amide bonds. The van der Waals surface area contributed by atoms with Crippen molar-refractivity contribution in [2.45, 2.75) is 45.3 Å². The van der Waals surface area contributed by atoms with Crippen LogP contribution < -0.4 is 10.1 Å². The highest BCUT2D eigenvalue weighted by atomic mass is 35.5. The maximum Gasteiger partial charge on any atom is 0.261 e. The van der Waals surface area contributed by atoms with E-state index in [1.807, 2.05) is 62.4 Å². The van der Waals surface area contributed by atoms with Gasteiger partial charge in [-0.15, -0.1) is 0 Å². The number of halogens is 2. The smallest absolute Gasteiger partial charge is 0.261 e. The monoisotopic (exact) mass is 512 g/mol. The molecule has 0 aromatic heterocycles. The van der Waals surface area contributed by atoms with E-state index < -0.39 is 6.04 Å². The molecule has 0 heterocycles. The van der Waals surface area contributed by atoms with E-state index >= 15 is 0 Å². The Morgan fingerprint density at radius 3 is 2.37 bits per heavy atom. The maximum atomic E-state index is 13.6. The quantitative estimate of drug-likeness (QED) is 0.346.